The Hall–Kier alpha value is -1.24. The van der Waals surface area contributed by atoms with Gasteiger partial charge in [0.15, 0.2) is 0 Å². The lowest BCUT2D eigenvalue weighted by molar-refractivity contribution is 0.689. The van der Waals surface area contributed by atoms with Gasteiger partial charge in [-0.1, -0.05) is 48.5 Å². The molecule has 0 aromatic carbocycles. The van der Waals surface area contributed by atoms with E-state index in [9.17, 15) is 0 Å². The van der Waals surface area contributed by atoms with Crippen molar-refractivity contribution < 1.29 is 0 Å². The van der Waals surface area contributed by atoms with Gasteiger partial charge in [-0.05, 0) is 34.6 Å². The molecule has 0 aromatic heterocycles. The third-order valence-electron chi connectivity index (χ3n) is 3.07. The van der Waals surface area contributed by atoms with E-state index in [0.717, 1.165) is 12.2 Å². The summed E-state index contributed by atoms with van der Waals surface area (Å²) in [6.07, 6.45) is 6.42. The summed E-state index contributed by atoms with van der Waals surface area (Å²) in [4.78, 5) is 0. The molecule has 0 amide bonds. The molecular weight excluding hydrogens is 206 g/mol. The molecular formula is C16H27N. The number of allylic oxidation sites excluding steroid dienone is 6. The molecule has 0 bridgehead atoms. The van der Waals surface area contributed by atoms with Gasteiger partial charge in [-0.15, -0.1) is 0 Å². The summed E-state index contributed by atoms with van der Waals surface area (Å²) in [5.41, 5.74) is 5.08. The summed E-state index contributed by atoms with van der Waals surface area (Å²) in [5, 5.41) is 3.30. The van der Waals surface area contributed by atoms with E-state index >= 15 is 0 Å². The molecule has 0 fully saturated rings. The molecule has 96 valence electrons. The first kappa shape index (κ1) is 15.8. The van der Waals surface area contributed by atoms with Crippen LogP contribution in [0.5, 0.6) is 0 Å². The second-order valence-electron chi connectivity index (χ2n) is 4.53. The Bertz CT molecular complexity index is 343. The zero-order chi connectivity index (χ0) is 13.4. The van der Waals surface area contributed by atoms with Gasteiger partial charge in [-0.25, -0.2) is 0 Å². The van der Waals surface area contributed by atoms with Crippen molar-refractivity contribution >= 4 is 0 Å². The fourth-order valence-corrected chi connectivity index (χ4v) is 1.75. The van der Waals surface area contributed by atoms with Gasteiger partial charge in [0.25, 0.3) is 0 Å². The molecule has 0 aromatic rings. The fraction of sp³-hybridized carbons (Fsp3) is 0.500. The van der Waals surface area contributed by atoms with Crippen LogP contribution < -0.4 is 5.32 Å². The maximum atomic E-state index is 4.08. The van der Waals surface area contributed by atoms with Crippen LogP contribution in [0.2, 0.25) is 0 Å². The van der Waals surface area contributed by atoms with Gasteiger partial charge >= 0.3 is 0 Å². The maximum absolute atomic E-state index is 4.08. The average Bonchev–Trinajstić information content (AvgIpc) is 2.27. The quantitative estimate of drug-likeness (QED) is 0.661. The van der Waals surface area contributed by atoms with E-state index in [2.05, 4.69) is 64.7 Å². The minimum Gasteiger partial charge on any atom is -0.389 e. The van der Waals surface area contributed by atoms with E-state index in [1.54, 1.807) is 0 Å². The summed E-state index contributed by atoms with van der Waals surface area (Å²) >= 11 is 0. The van der Waals surface area contributed by atoms with Gasteiger partial charge in [-0.3, -0.25) is 0 Å². The lowest BCUT2D eigenvalue weighted by Crippen LogP contribution is -2.18. The van der Waals surface area contributed by atoms with Crippen molar-refractivity contribution in [3.05, 3.63) is 47.2 Å². The van der Waals surface area contributed by atoms with Crippen LogP contribution in [0.3, 0.4) is 0 Å². The molecule has 1 nitrogen and oxygen atoms in total. The lowest BCUT2D eigenvalue weighted by Gasteiger charge is -2.18. The Kier molecular flexibility index (Phi) is 7.36. The van der Waals surface area contributed by atoms with Crippen molar-refractivity contribution in [2.45, 2.75) is 41.5 Å². The molecule has 0 rings (SSSR count). The van der Waals surface area contributed by atoms with E-state index in [1.807, 2.05) is 6.92 Å². The molecule has 17 heavy (non-hydrogen) atoms. The predicted molar refractivity (Wildman–Crippen MR) is 78.9 cm³/mol. The first-order valence-electron chi connectivity index (χ1n) is 6.35. The summed E-state index contributed by atoms with van der Waals surface area (Å²) in [6, 6.07) is 0. The van der Waals surface area contributed by atoms with Gasteiger partial charge in [0.1, 0.15) is 0 Å². The Morgan fingerprint density at radius 3 is 2.35 bits per heavy atom. The molecule has 0 aliphatic carbocycles. The van der Waals surface area contributed by atoms with E-state index in [-0.39, 0.29) is 0 Å². The largest absolute Gasteiger partial charge is 0.389 e. The van der Waals surface area contributed by atoms with Crippen LogP contribution >= 0.6 is 0 Å². The van der Waals surface area contributed by atoms with Crippen molar-refractivity contribution in [3.8, 4) is 0 Å². The Labute approximate surface area is 107 Å². The highest BCUT2D eigenvalue weighted by Crippen LogP contribution is 2.21. The Morgan fingerprint density at radius 2 is 1.88 bits per heavy atom. The topological polar surface area (TPSA) is 12.0 Å². The standard InChI is InChI=1S/C16H27N/c1-8-10-12(3)11-13(4)14(5)15(6)16(7)17-9-2/h8,10-11,15,17H,7,9H2,1-6H3/b10-8-,12-11-,14-13+. The monoisotopic (exact) mass is 233 g/mol. The first-order valence-corrected chi connectivity index (χ1v) is 6.35. The van der Waals surface area contributed by atoms with Gasteiger partial charge in [0.05, 0.1) is 0 Å². The molecule has 1 unspecified atom stereocenters. The van der Waals surface area contributed by atoms with E-state index in [4.69, 9.17) is 0 Å². The summed E-state index contributed by atoms with van der Waals surface area (Å²) < 4.78 is 0. The van der Waals surface area contributed by atoms with E-state index in [0.29, 0.717) is 5.92 Å². The van der Waals surface area contributed by atoms with Gasteiger partial charge < -0.3 is 5.32 Å². The van der Waals surface area contributed by atoms with Crippen LogP contribution in [-0.2, 0) is 0 Å². The van der Waals surface area contributed by atoms with Gasteiger partial charge in [0, 0.05) is 18.2 Å². The van der Waals surface area contributed by atoms with Crippen molar-refractivity contribution in [3.63, 3.8) is 0 Å². The van der Waals surface area contributed by atoms with Crippen LogP contribution in [0.1, 0.15) is 41.5 Å². The van der Waals surface area contributed by atoms with Crippen molar-refractivity contribution in [1.29, 1.82) is 0 Å². The fourth-order valence-electron chi connectivity index (χ4n) is 1.75. The zero-order valence-corrected chi connectivity index (χ0v) is 12.2. The molecule has 0 heterocycles. The minimum atomic E-state index is 0.379. The SMILES string of the molecule is C=C(NCC)C(C)/C(C)=C(C)/C=C(C)\C=C/C. The minimum absolute atomic E-state index is 0.379. The predicted octanol–water partition coefficient (Wildman–Crippen LogP) is 4.60. The molecule has 0 radical (unpaired) electrons. The summed E-state index contributed by atoms with van der Waals surface area (Å²) in [6.45, 7) is 17.8. The molecule has 0 spiro atoms. The Morgan fingerprint density at radius 1 is 1.29 bits per heavy atom. The summed E-state index contributed by atoms with van der Waals surface area (Å²) in [7, 11) is 0. The number of rotatable bonds is 6. The second-order valence-corrected chi connectivity index (χ2v) is 4.53. The zero-order valence-electron chi connectivity index (χ0n) is 12.2. The molecule has 0 aliphatic rings. The lowest BCUT2D eigenvalue weighted by atomic mass is 9.94. The molecule has 1 atom stereocenters. The van der Waals surface area contributed by atoms with Crippen LogP contribution in [0.15, 0.2) is 47.2 Å². The molecule has 0 saturated carbocycles. The average molecular weight is 233 g/mol. The maximum Gasteiger partial charge on any atom is 0.0165 e. The third-order valence-corrected chi connectivity index (χ3v) is 3.07. The molecule has 1 N–H and O–H groups in total. The smallest absolute Gasteiger partial charge is 0.0165 e. The Balaban J connectivity index is 4.91. The number of hydrogen-bond donors (Lipinski definition) is 1. The van der Waals surface area contributed by atoms with Gasteiger partial charge in [-0.2, -0.15) is 0 Å². The van der Waals surface area contributed by atoms with Crippen molar-refractivity contribution in [2.24, 2.45) is 5.92 Å². The highest BCUT2D eigenvalue weighted by atomic mass is 14.9. The molecule has 1 heteroatoms. The van der Waals surface area contributed by atoms with Crippen LogP contribution in [-0.4, -0.2) is 6.54 Å². The molecule has 0 aliphatic heterocycles. The van der Waals surface area contributed by atoms with Crippen LogP contribution in [0.25, 0.3) is 0 Å². The molecule has 0 saturated heterocycles. The normalized spacial score (nSPS) is 15.8. The van der Waals surface area contributed by atoms with E-state index in [1.165, 1.54) is 16.7 Å². The van der Waals surface area contributed by atoms with Crippen LogP contribution in [0, 0.1) is 5.92 Å². The first-order chi connectivity index (χ1) is 7.93. The van der Waals surface area contributed by atoms with Crippen molar-refractivity contribution in [2.75, 3.05) is 6.54 Å². The third kappa shape index (κ3) is 5.58. The van der Waals surface area contributed by atoms with Crippen LogP contribution in [0.4, 0.5) is 0 Å². The highest BCUT2D eigenvalue weighted by Gasteiger charge is 2.09. The number of nitrogens with one attached hydrogen (secondary N) is 1. The summed E-state index contributed by atoms with van der Waals surface area (Å²) in [5.74, 6) is 0.379. The van der Waals surface area contributed by atoms with E-state index < -0.39 is 0 Å². The second kappa shape index (κ2) is 7.94. The van der Waals surface area contributed by atoms with Crippen molar-refractivity contribution in [1.82, 2.24) is 5.32 Å². The number of hydrogen-bond acceptors (Lipinski definition) is 1. The van der Waals surface area contributed by atoms with Gasteiger partial charge in [0.2, 0.25) is 0 Å². The highest BCUT2D eigenvalue weighted by molar-refractivity contribution is 5.33.